The van der Waals surface area contributed by atoms with Gasteiger partial charge in [-0.3, -0.25) is 19.6 Å². The van der Waals surface area contributed by atoms with E-state index >= 15 is 0 Å². The van der Waals surface area contributed by atoms with Crippen LogP contribution in [-0.2, 0) is 29.7 Å². The van der Waals surface area contributed by atoms with Gasteiger partial charge in [-0.25, -0.2) is 0 Å². The molecular weight excluding hydrogens is 601 g/mol. The molecule has 1 aliphatic heterocycles. The van der Waals surface area contributed by atoms with Crippen molar-refractivity contribution in [3.8, 4) is 5.75 Å². The Labute approximate surface area is 275 Å². The molecule has 1 aromatic heterocycles. The van der Waals surface area contributed by atoms with E-state index in [9.17, 15) is 18.0 Å². The lowest BCUT2D eigenvalue weighted by Gasteiger charge is -2.30. The van der Waals surface area contributed by atoms with Crippen LogP contribution in [-0.4, -0.2) is 58.1 Å². The van der Waals surface area contributed by atoms with Gasteiger partial charge in [-0.2, -0.15) is 0 Å². The SMILES string of the molecule is CN1[C@@H](CCN(Cc2ccccc2)Cc2cccnc2)C(=O)N(CCc2ccc(OC(F)(F)F)cc2)[C@@H]1c1ccc(C(C)(C)C)cc1. The minimum Gasteiger partial charge on any atom is -0.406 e. The number of aromatic nitrogens is 1. The molecule has 47 heavy (non-hydrogen) atoms. The van der Waals surface area contributed by atoms with Crippen LogP contribution in [0.5, 0.6) is 5.75 Å². The smallest absolute Gasteiger partial charge is 0.406 e. The summed E-state index contributed by atoms with van der Waals surface area (Å²) in [5, 5.41) is 0. The summed E-state index contributed by atoms with van der Waals surface area (Å²) in [5.74, 6) is -0.211. The second-order valence-electron chi connectivity index (χ2n) is 13.2. The van der Waals surface area contributed by atoms with E-state index in [1.807, 2.05) is 42.4 Å². The topological polar surface area (TPSA) is 48.9 Å². The molecule has 0 saturated carbocycles. The normalized spacial score (nSPS) is 17.4. The number of amides is 1. The highest BCUT2D eigenvalue weighted by Crippen LogP contribution is 2.36. The van der Waals surface area contributed by atoms with Crippen molar-refractivity contribution in [3.63, 3.8) is 0 Å². The van der Waals surface area contributed by atoms with Gasteiger partial charge < -0.3 is 9.64 Å². The molecule has 0 aliphatic carbocycles. The number of carbonyl (C=O) groups is 1. The number of hydrogen-bond donors (Lipinski definition) is 0. The quantitative estimate of drug-likeness (QED) is 0.158. The zero-order chi connectivity index (χ0) is 33.6. The van der Waals surface area contributed by atoms with Crippen molar-refractivity contribution in [1.82, 2.24) is 19.7 Å². The first-order valence-electron chi connectivity index (χ1n) is 16.0. The van der Waals surface area contributed by atoms with E-state index in [0.29, 0.717) is 32.5 Å². The molecule has 3 aromatic carbocycles. The molecule has 0 spiro atoms. The molecule has 4 aromatic rings. The second-order valence-corrected chi connectivity index (χ2v) is 13.2. The van der Waals surface area contributed by atoms with Crippen LogP contribution in [0.3, 0.4) is 0 Å². The summed E-state index contributed by atoms with van der Waals surface area (Å²) in [7, 11) is 2.01. The summed E-state index contributed by atoms with van der Waals surface area (Å²) >= 11 is 0. The number of nitrogens with zero attached hydrogens (tertiary/aromatic N) is 4. The summed E-state index contributed by atoms with van der Waals surface area (Å²) in [6, 6.07) is 28.3. The molecule has 1 aliphatic rings. The molecule has 1 amide bonds. The van der Waals surface area contributed by atoms with Crippen molar-refractivity contribution in [2.75, 3.05) is 20.1 Å². The molecule has 1 fully saturated rings. The molecule has 0 unspecified atom stereocenters. The van der Waals surface area contributed by atoms with Crippen LogP contribution in [0.4, 0.5) is 13.2 Å². The van der Waals surface area contributed by atoms with Crippen molar-refractivity contribution in [3.05, 3.63) is 131 Å². The lowest BCUT2D eigenvalue weighted by Crippen LogP contribution is -2.36. The van der Waals surface area contributed by atoms with Crippen LogP contribution in [0.25, 0.3) is 0 Å². The maximum absolute atomic E-state index is 14.2. The molecular formula is C38H43F3N4O2. The lowest BCUT2D eigenvalue weighted by molar-refractivity contribution is -0.274. The van der Waals surface area contributed by atoms with E-state index in [1.54, 1.807) is 18.3 Å². The van der Waals surface area contributed by atoms with Gasteiger partial charge in [-0.05, 0) is 71.3 Å². The van der Waals surface area contributed by atoms with E-state index in [-0.39, 0.29) is 29.3 Å². The lowest BCUT2D eigenvalue weighted by atomic mass is 9.86. The first kappa shape index (κ1) is 34.1. The molecule has 2 heterocycles. The predicted molar refractivity (Wildman–Crippen MR) is 177 cm³/mol. The van der Waals surface area contributed by atoms with Gasteiger partial charge in [0.15, 0.2) is 0 Å². The van der Waals surface area contributed by atoms with Crippen molar-refractivity contribution >= 4 is 5.91 Å². The first-order valence-corrected chi connectivity index (χ1v) is 16.0. The van der Waals surface area contributed by atoms with Crippen molar-refractivity contribution in [1.29, 1.82) is 0 Å². The van der Waals surface area contributed by atoms with Gasteiger partial charge in [0.2, 0.25) is 5.91 Å². The number of benzene rings is 3. The summed E-state index contributed by atoms with van der Waals surface area (Å²) in [6.45, 7) is 9.11. The zero-order valence-electron chi connectivity index (χ0n) is 27.5. The third-order valence-corrected chi connectivity index (χ3v) is 8.71. The van der Waals surface area contributed by atoms with Crippen LogP contribution < -0.4 is 4.74 Å². The van der Waals surface area contributed by atoms with E-state index in [4.69, 9.17) is 0 Å². The Bertz CT molecular complexity index is 1530. The van der Waals surface area contributed by atoms with Gasteiger partial charge in [-0.1, -0.05) is 93.6 Å². The van der Waals surface area contributed by atoms with Crippen molar-refractivity contribution < 1.29 is 22.7 Å². The van der Waals surface area contributed by atoms with Crippen LogP contribution in [0.15, 0.2) is 103 Å². The van der Waals surface area contributed by atoms with Gasteiger partial charge in [0.25, 0.3) is 0 Å². The van der Waals surface area contributed by atoms with Crippen LogP contribution in [0, 0.1) is 0 Å². The zero-order valence-corrected chi connectivity index (χ0v) is 27.5. The average Bonchev–Trinajstić information content (AvgIpc) is 3.27. The maximum atomic E-state index is 14.2. The van der Waals surface area contributed by atoms with Crippen LogP contribution in [0.1, 0.15) is 61.2 Å². The highest BCUT2D eigenvalue weighted by molar-refractivity contribution is 5.84. The standard InChI is InChI=1S/C38H43F3N4O2/c1-37(2,3)32-16-14-31(15-17-32)35-43(4)34(36(46)45(35)24-20-28-12-18-33(19-13-28)47-38(39,40)41)21-23-44(26-29-9-6-5-7-10-29)27-30-11-8-22-42-25-30/h5-19,22,25,34-35H,20-21,23-24,26-27H2,1-4H3/t34-,35+/m0/s1. The Morgan fingerprint density at radius 2 is 1.49 bits per heavy atom. The van der Waals surface area contributed by atoms with Crippen LogP contribution in [0.2, 0.25) is 0 Å². The van der Waals surface area contributed by atoms with Crippen molar-refractivity contribution in [2.45, 2.75) is 70.7 Å². The second kappa shape index (κ2) is 14.7. The van der Waals surface area contributed by atoms with Crippen LogP contribution >= 0.6 is 0 Å². The van der Waals surface area contributed by atoms with E-state index in [0.717, 1.165) is 23.2 Å². The van der Waals surface area contributed by atoms with Gasteiger partial charge in [0, 0.05) is 38.6 Å². The molecule has 1 saturated heterocycles. The Kier molecular flexibility index (Phi) is 10.7. The average molecular weight is 645 g/mol. The van der Waals surface area contributed by atoms with E-state index < -0.39 is 6.36 Å². The van der Waals surface area contributed by atoms with Gasteiger partial charge in [0.1, 0.15) is 11.9 Å². The number of pyridine rings is 1. The number of alkyl halides is 3. The fraction of sp³-hybridized carbons (Fsp3) is 0.368. The number of ether oxygens (including phenoxy) is 1. The minimum absolute atomic E-state index is 0.00335. The summed E-state index contributed by atoms with van der Waals surface area (Å²) in [4.78, 5) is 24.9. The summed E-state index contributed by atoms with van der Waals surface area (Å²) in [6.07, 6.45) is -0.228. The van der Waals surface area contributed by atoms with E-state index in [2.05, 4.69) is 82.8 Å². The monoisotopic (exact) mass is 644 g/mol. The third kappa shape index (κ3) is 9.20. The summed E-state index contributed by atoms with van der Waals surface area (Å²) < 4.78 is 42.0. The molecule has 248 valence electrons. The van der Waals surface area contributed by atoms with Gasteiger partial charge in [-0.15, -0.1) is 13.2 Å². The molecule has 9 heteroatoms. The highest BCUT2D eigenvalue weighted by Gasteiger charge is 2.44. The highest BCUT2D eigenvalue weighted by atomic mass is 19.4. The number of halogens is 3. The summed E-state index contributed by atoms with van der Waals surface area (Å²) in [5.41, 5.74) is 5.38. The van der Waals surface area contributed by atoms with E-state index in [1.165, 1.54) is 23.3 Å². The molecule has 2 atom stereocenters. The first-order chi connectivity index (χ1) is 22.4. The Hall–Kier alpha value is -4.21. The van der Waals surface area contributed by atoms with Gasteiger partial charge >= 0.3 is 6.36 Å². The minimum atomic E-state index is -4.74. The Balaban J connectivity index is 1.35. The molecule has 6 nitrogen and oxygen atoms in total. The van der Waals surface area contributed by atoms with Crippen molar-refractivity contribution in [2.24, 2.45) is 0 Å². The Morgan fingerprint density at radius 1 is 0.830 bits per heavy atom. The third-order valence-electron chi connectivity index (χ3n) is 8.71. The molecule has 0 N–H and O–H groups in total. The molecule has 0 bridgehead atoms. The largest absolute Gasteiger partial charge is 0.573 e. The number of likely N-dealkylation sites (N-methyl/N-ethyl adjacent to an activating group) is 1. The number of carbonyl (C=O) groups excluding carboxylic acids is 1. The maximum Gasteiger partial charge on any atom is 0.573 e. The fourth-order valence-electron chi connectivity index (χ4n) is 6.22. The fourth-order valence-corrected chi connectivity index (χ4v) is 6.22. The predicted octanol–water partition coefficient (Wildman–Crippen LogP) is 7.75. The Morgan fingerprint density at radius 3 is 2.11 bits per heavy atom. The molecule has 5 rings (SSSR count). The van der Waals surface area contributed by atoms with Gasteiger partial charge in [0.05, 0.1) is 6.04 Å². The number of rotatable bonds is 12. The number of hydrogen-bond acceptors (Lipinski definition) is 5. The molecule has 0 radical (unpaired) electrons.